The first-order valence-electron chi connectivity index (χ1n) is 9.98. The number of thioether (sulfide) groups is 1. The fourth-order valence-corrected chi connectivity index (χ4v) is 4.07. The Hall–Kier alpha value is -3.89. The van der Waals surface area contributed by atoms with Gasteiger partial charge in [-0.15, -0.1) is 0 Å². The number of nitriles is 1. The van der Waals surface area contributed by atoms with E-state index in [2.05, 4.69) is 10.3 Å². The Labute approximate surface area is 189 Å². The minimum Gasteiger partial charge on any atom is -0.325 e. The van der Waals surface area contributed by atoms with E-state index < -0.39 is 0 Å². The Kier molecular flexibility index (Phi) is 6.06. The monoisotopic (exact) mass is 440 g/mol. The molecule has 6 nitrogen and oxygen atoms in total. The molecule has 1 heterocycles. The Morgan fingerprint density at radius 3 is 2.53 bits per heavy atom. The van der Waals surface area contributed by atoms with Crippen molar-refractivity contribution in [2.45, 2.75) is 19.0 Å². The second kappa shape index (κ2) is 9.08. The van der Waals surface area contributed by atoms with E-state index in [0.717, 1.165) is 11.1 Å². The number of nitrogens with one attached hydrogen (secondary N) is 1. The van der Waals surface area contributed by atoms with Crippen molar-refractivity contribution in [3.8, 4) is 11.8 Å². The summed E-state index contributed by atoms with van der Waals surface area (Å²) in [6.45, 7) is 4.01. The molecular formula is C25H20N4O2S. The normalized spacial score (nSPS) is 10.7. The summed E-state index contributed by atoms with van der Waals surface area (Å²) in [4.78, 5) is 30.5. The zero-order valence-corrected chi connectivity index (χ0v) is 18.4. The summed E-state index contributed by atoms with van der Waals surface area (Å²) < 4.78 is 1.56. The highest BCUT2D eigenvalue weighted by Gasteiger charge is 2.15. The predicted octanol–water partition coefficient (Wildman–Crippen LogP) is 4.61. The first-order valence-corrected chi connectivity index (χ1v) is 11.0. The standard InChI is InChI=1S/C25H20N4O2S/c1-16-7-12-20(13-17(16)2)29-24(31)21-5-3-4-6-22(21)28-25(29)32-15-23(30)27-19-10-8-18(14-26)9-11-19/h3-13H,15H2,1-2H3,(H,27,30). The molecule has 1 amide bonds. The Morgan fingerprint density at radius 2 is 1.81 bits per heavy atom. The van der Waals surface area contributed by atoms with Crippen LogP contribution in [-0.2, 0) is 4.79 Å². The van der Waals surface area contributed by atoms with Crippen molar-refractivity contribution < 1.29 is 4.79 Å². The zero-order chi connectivity index (χ0) is 22.7. The maximum atomic E-state index is 13.3. The average Bonchev–Trinajstić information content (AvgIpc) is 2.80. The summed E-state index contributed by atoms with van der Waals surface area (Å²) in [7, 11) is 0. The van der Waals surface area contributed by atoms with E-state index in [1.165, 1.54) is 11.8 Å². The number of hydrogen-bond acceptors (Lipinski definition) is 5. The summed E-state index contributed by atoms with van der Waals surface area (Å²) in [5, 5.41) is 12.7. The smallest absolute Gasteiger partial charge is 0.266 e. The van der Waals surface area contributed by atoms with E-state index in [1.54, 1.807) is 41.0 Å². The third-order valence-corrected chi connectivity index (χ3v) is 6.06. The van der Waals surface area contributed by atoms with Gasteiger partial charge in [0.15, 0.2) is 5.16 Å². The molecule has 0 unspecified atom stereocenters. The molecule has 1 N–H and O–H groups in total. The number of hydrogen-bond donors (Lipinski definition) is 1. The molecule has 0 atom stereocenters. The highest BCUT2D eigenvalue weighted by Crippen LogP contribution is 2.23. The van der Waals surface area contributed by atoms with Crippen molar-refractivity contribution in [3.63, 3.8) is 0 Å². The molecule has 0 saturated carbocycles. The average molecular weight is 441 g/mol. The van der Waals surface area contributed by atoms with Gasteiger partial charge in [0, 0.05) is 5.69 Å². The third-order valence-electron chi connectivity index (χ3n) is 5.12. The Balaban J connectivity index is 1.66. The molecule has 0 saturated heterocycles. The lowest BCUT2D eigenvalue weighted by Gasteiger charge is -2.14. The predicted molar refractivity (Wildman–Crippen MR) is 127 cm³/mol. The maximum absolute atomic E-state index is 13.3. The molecule has 158 valence electrons. The van der Waals surface area contributed by atoms with Crippen LogP contribution in [-0.4, -0.2) is 21.2 Å². The van der Waals surface area contributed by atoms with Gasteiger partial charge in [-0.3, -0.25) is 14.2 Å². The SMILES string of the molecule is Cc1ccc(-n2c(SCC(=O)Nc3ccc(C#N)cc3)nc3ccccc3c2=O)cc1C. The largest absolute Gasteiger partial charge is 0.325 e. The topological polar surface area (TPSA) is 87.8 Å². The van der Waals surface area contributed by atoms with Crippen LogP contribution in [0.1, 0.15) is 16.7 Å². The van der Waals surface area contributed by atoms with E-state index >= 15 is 0 Å². The van der Waals surface area contributed by atoms with Gasteiger partial charge in [0.1, 0.15) is 0 Å². The van der Waals surface area contributed by atoms with Crippen molar-refractivity contribution in [3.05, 3.63) is 93.8 Å². The molecule has 7 heteroatoms. The van der Waals surface area contributed by atoms with Gasteiger partial charge in [-0.25, -0.2) is 4.98 Å². The number of aryl methyl sites for hydroxylation is 2. The van der Waals surface area contributed by atoms with E-state index in [4.69, 9.17) is 5.26 Å². The van der Waals surface area contributed by atoms with Crippen LogP contribution < -0.4 is 10.9 Å². The number of fused-ring (bicyclic) bond motifs is 1. The van der Waals surface area contributed by atoms with Crippen molar-refractivity contribution in [1.29, 1.82) is 5.26 Å². The third kappa shape index (κ3) is 4.41. The van der Waals surface area contributed by atoms with Gasteiger partial charge in [-0.2, -0.15) is 5.26 Å². The summed E-state index contributed by atoms with van der Waals surface area (Å²) in [6.07, 6.45) is 0. The Bertz CT molecular complexity index is 1420. The quantitative estimate of drug-likeness (QED) is 0.362. The molecule has 0 radical (unpaired) electrons. The molecule has 0 spiro atoms. The number of para-hydroxylation sites is 1. The van der Waals surface area contributed by atoms with Crippen molar-refractivity contribution in [2.24, 2.45) is 0 Å². The van der Waals surface area contributed by atoms with Crippen molar-refractivity contribution >= 4 is 34.3 Å². The van der Waals surface area contributed by atoms with Gasteiger partial charge >= 0.3 is 0 Å². The molecule has 32 heavy (non-hydrogen) atoms. The summed E-state index contributed by atoms with van der Waals surface area (Å²) in [6, 6.07) is 21.7. The van der Waals surface area contributed by atoms with Gasteiger partial charge in [0.25, 0.3) is 5.56 Å². The van der Waals surface area contributed by atoms with Gasteiger partial charge in [0.2, 0.25) is 5.91 Å². The summed E-state index contributed by atoms with van der Waals surface area (Å²) in [5.41, 5.74) is 4.46. The molecule has 0 bridgehead atoms. The summed E-state index contributed by atoms with van der Waals surface area (Å²) >= 11 is 1.20. The number of amides is 1. The van der Waals surface area contributed by atoms with E-state index in [0.29, 0.717) is 33.0 Å². The highest BCUT2D eigenvalue weighted by molar-refractivity contribution is 7.99. The number of carbonyl (C=O) groups excluding carboxylic acids is 1. The van der Waals surface area contributed by atoms with E-state index in [-0.39, 0.29) is 17.2 Å². The van der Waals surface area contributed by atoms with Crippen LogP contribution in [0.4, 0.5) is 5.69 Å². The van der Waals surface area contributed by atoms with Crippen LogP contribution in [0.2, 0.25) is 0 Å². The van der Waals surface area contributed by atoms with Gasteiger partial charge < -0.3 is 5.32 Å². The lowest BCUT2D eigenvalue weighted by molar-refractivity contribution is -0.113. The molecule has 0 aliphatic heterocycles. The molecule has 0 aliphatic carbocycles. The molecule has 1 aromatic heterocycles. The lowest BCUT2D eigenvalue weighted by atomic mass is 10.1. The van der Waals surface area contributed by atoms with Crippen LogP contribution in [0.15, 0.2) is 76.7 Å². The highest BCUT2D eigenvalue weighted by atomic mass is 32.2. The van der Waals surface area contributed by atoms with Crippen LogP contribution in [0.3, 0.4) is 0 Å². The van der Waals surface area contributed by atoms with Gasteiger partial charge in [-0.05, 0) is 73.5 Å². The van der Waals surface area contributed by atoms with E-state index in [9.17, 15) is 9.59 Å². The zero-order valence-electron chi connectivity index (χ0n) is 17.6. The maximum Gasteiger partial charge on any atom is 0.266 e. The van der Waals surface area contributed by atoms with Crippen LogP contribution >= 0.6 is 11.8 Å². The number of carbonyl (C=O) groups is 1. The molecule has 4 aromatic rings. The Morgan fingerprint density at radius 1 is 1.06 bits per heavy atom. The number of nitrogens with zero attached hydrogens (tertiary/aromatic N) is 3. The fraction of sp³-hybridized carbons (Fsp3) is 0.120. The van der Waals surface area contributed by atoms with Crippen molar-refractivity contribution in [1.82, 2.24) is 9.55 Å². The first kappa shape index (κ1) is 21.3. The first-order chi connectivity index (χ1) is 15.5. The number of anilines is 1. The second-order valence-corrected chi connectivity index (χ2v) is 8.29. The number of aromatic nitrogens is 2. The van der Waals surface area contributed by atoms with Crippen LogP contribution in [0.25, 0.3) is 16.6 Å². The van der Waals surface area contributed by atoms with Crippen LogP contribution in [0.5, 0.6) is 0 Å². The minimum atomic E-state index is -0.228. The molecule has 0 aliphatic rings. The fourth-order valence-electron chi connectivity index (χ4n) is 3.26. The second-order valence-electron chi connectivity index (χ2n) is 7.35. The lowest BCUT2D eigenvalue weighted by Crippen LogP contribution is -2.23. The molecule has 4 rings (SSSR count). The molecule has 3 aromatic carbocycles. The number of rotatable bonds is 5. The minimum absolute atomic E-state index is 0.0790. The van der Waals surface area contributed by atoms with Gasteiger partial charge in [0.05, 0.1) is 34.0 Å². The molecule has 0 fully saturated rings. The number of benzene rings is 3. The van der Waals surface area contributed by atoms with Crippen molar-refractivity contribution in [2.75, 3.05) is 11.1 Å². The van der Waals surface area contributed by atoms with Crippen LogP contribution in [0, 0.1) is 25.2 Å². The van der Waals surface area contributed by atoms with Gasteiger partial charge in [-0.1, -0.05) is 30.0 Å². The van der Waals surface area contributed by atoms with E-state index in [1.807, 2.05) is 50.2 Å². The summed E-state index contributed by atoms with van der Waals surface area (Å²) in [5.74, 6) is -0.149. The molecular weight excluding hydrogens is 420 g/mol.